The van der Waals surface area contributed by atoms with Crippen LogP contribution in [-0.4, -0.2) is 90.0 Å². The Hall–Kier alpha value is -2.99. The number of rotatable bonds is 12. The molecule has 48 heavy (non-hydrogen) atoms. The molecule has 3 fully saturated rings. The number of halogens is 2. The van der Waals surface area contributed by atoms with Gasteiger partial charge in [-0.2, -0.15) is 0 Å². The molecule has 12 heteroatoms. The van der Waals surface area contributed by atoms with Gasteiger partial charge in [-0.1, -0.05) is 41.4 Å². The molecule has 2 aliphatic heterocycles. The second-order valence-corrected chi connectivity index (χ2v) is 13.9. The van der Waals surface area contributed by atoms with Crippen LogP contribution in [0.2, 0.25) is 10.0 Å². The zero-order chi connectivity index (χ0) is 34.0. The second kappa shape index (κ2) is 14.9. The molecule has 6 rings (SSSR count). The number of hydrogen-bond acceptors (Lipinski definition) is 8. The number of aromatic nitrogens is 1. The number of nitrogens with one attached hydrogen (secondary N) is 1. The fourth-order valence-electron chi connectivity index (χ4n) is 7.35. The SMILES string of the molecule is CCOC(=O)C1CCC(OC(C(=O)Cc2cc(Cl)c(NC(=O)c3cn(C)c4ccccc34)cc2Cl)(N2CCCC2)N2CC(OC)C2)CC1. The summed E-state index contributed by atoms with van der Waals surface area (Å²) >= 11 is 13.6. The molecule has 0 bridgehead atoms. The van der Waals surface area contributed by atoms with E-state index in [1.165, 1.54) is 0 Å². The summed E-state index contributed by atoms with van der Waals surface area (Å²) in [6.45, 7) is 4.76. The Labute approximate surface area is 291 Å². The van der Waals surface area contributed by atoms with Crippen molar-refractivity contribution < 1.29 is 28.6 Å². The van der Waals surface area contributed by atoms with Gasteiger partial charge in [0.05, 0.1) is 41.0 Å². The van der Waals surface area contributed by atoms with Gasteiger partial charge in [0, 0.05) is 68.9 Å². The maximum absolute atomic E-state index is 14.7. The molecule has 1 atom stereocenters. The van der Waals surface area contributed by atoms with Crippen molar-refractivity contribution in [1.82, 2.24) is 14.4 Å². The summed E-state index contributed by atoms with van der Waals surface area (Å²) in [7, 11) is 3.58. The lowest BCUT2D eigenvalue weighted by Gasteiger charge is -2.55. The molecular formula is C36H44Cl2N4O6. The summed E-state index contributed by atoms with van der Waals surface area (Å²) in [5, 5.41) is 4.34. The number of esters is 1. The normalized spacial score (nSPS) is 21.9. The number of ketones is 1. The highest BCUT2D eigenvalue weighted by Crippen LogP contribution is 2.39. The number of benzene rings is 2. The van der Waals surface area contributed by atoms with E-state index in [2.05, 4.69) is 15.1 Å². The van der Waals surface area contributed by atoms with E-state index in [1.54, 1.807) is 25.4 Å². The van der Waals surface area contributed by atoms with Gasteiger partial charge in [0.25, 0.3) is 5.91 Å². The molecule has 3 heterocycles. The number of amides is 1. The van der Waals surface area contributed by atoms with Gasteiger partial charge in [0.1, 0.15) is 0 Å². The number of nitrogens with zero attached hydrogens (tertiary/aromatic N) is 3. The van der Waals surface area contributed by atoms with Crippen LogP contribution in [0.25, 0.3) is 10.9 Å². The number of likely N-dealkylation sites (tertiary alicyclic amines) is 2. The minimum absolute atomic E-state index is 0.00518. The molecule has 3 aliphatic rings. The van der Waals surface area contributed by atoms with Crippen LogP contribution >= 0.6 is 23.2 Å². The Morgan fingerprint density at radius 3 is 2.35 bits per heavy atom. The van der Waals surface area contributed by atoms with E-state index in [9.17, 15) is 14.4 Å². The Bertz CT molecular complexity index is 1660. The predicted molar refractivity (Wildman–Crippen MR) is 185 cm³/mol. The summed E-state index contributed by atoms with van der Waals surface area (Å²) in [4.78, 5) is 44.7. The van der Waals surface area contributed by atoms with Crippen molar-refractivity contribution in [2.75, 3.05) is 45.2 Å². The van der Waals surface area contributed by atoms with Crippen molar-refractivity contribution in [3.05, 3.63) is 63.8 Å². The van der Waals surface area contributed by atoms with Crippen LogP contribution in [0.4, 0.5) is 5.69 Å². The molecule has 1 amide bonds. The molecule has 1 aromatic heterocycles. The van der Waals surface area contributed by atoms with Gasteiger partial charge >= 0.3 is 5.97 Å². The van der Waals surface area contributed by atoms with E-state index in [0.717, 1.165) is 36.8 Å². The number of fused-ring (bicyclic) bond motifs is 1. The van der Waals surface area contributed by atoms with E-state index in [1.807, 2.05) is 42.8 Å². The maximum atomic E-state index is 14.7. The third-order valence-corrected chi connectivity index (χ3v) is 10.7. The van der Waals surface area contributed by atoms with E-state index < -0.39 is 5.85 Å². The summed E-state index contributed by atoms with van der Waals surface area (Å²) in [5.41, 5.74) is 2.38. The van der Waals surface area contributed by atoms with Crippen molar-refractivity contribution in [2.24, 2.45) is 13.0 Å². The largest absolute Gasteiger partial charge is 0.466 e. The first kappa shape index (κ1) is 34.9. The highest BCUT2D eigenvalue weighted by atomic mass is 35.5. The molecule has 0 radical (unpaired) electrons. The summed E-state index contributed by atoms with van der Waals surface area (Å²) < 4.78 is 19.8. The van der Waals surface area contributed by atoms with Crippen LogP contribution in [0.15, 0.2) is 42.6 Å². The van der Waals surface area contributed by atoms with Crippen molar-refractivity contribution in [2.45, 2.75) is 69.9 Å². The third kappa shape index (κ3) is 6.88. The lowest BCUT2D eigenvalue weighted by molar-refractivity contribution is -0.282. The minimum Gasteiger partial charge on any atom is -0.466 e. The third-order valence-electron chi connectivity index (χ3n) is 10.0. The average molecular weight is 700 g/mol. The number of methoxy groups -OCH3 is 1. The molecule has 258 valence electrons. The molecule has 1 saturated carbocycles. The summed E-state index contributed by atoms with van der Waals surface area (Å²) in [6.07, 6.45) is 6.13. The first-order valence-corrected chi connectivity index (χ1v) is 17.6. The van der Waals surface area contributed by atoms with Crippen molar-refractivity contribution in [1.29, 1.82) is 0 Å². The Morgan fingerprint density at radius 1 is 0.958 bits per heavy atom. The maximum Gasteiger partial charge on any atom is 0.308 e. The van der Waals surface area contributed by atoms with Crippen LogP contribution < -0.4 is 5.32 Å². The van der Waals surface area contributed by atoms with Crippen molar-refractivity contribution in [3.8, 4) is 0 Å². The molecule has 1 N–H and O–H groups in total. The predicted octanol–water partition coefficient (Wildman–Crippen LogP) is 6.07. The van der Waals surface area contributed by atoms with E-state index in [4.69, 9.17) is 37.4 Å². The quantitative estimate of drug-likeness (QED) is 0.228. The van der Waals surface area contributed by atoms with Gasteiger partial charge in [-0.25, -0.2) is 0 Å². The van der Waals surface area contributed by atoms with Crippen molar-refractivity contribution in [3.63, 3.8) is 0 Å². The van der Waals surface area contributed by atoms with E-state index >= 15 is 0 Å². The van der Waals surface area contributed by atoms with Crippen LogP contribution in [-0.2, 0) is 37.3 Å². The second-order valence-electron chi connectivity index (χ2n) is 13.1. The number of aryl methyl sites for hydroxylation is 1. The topological polar surface area (TPSA) is 102 Å². The van der Waals surface area contributed by atoms with Crippen LogP contribution in [0.5, 0.6) is 0 Å². The average Bonchev–Trinajstić information content (AvgIpc) is 3.72. The van der Waals surface area contributed by atoms with E-state index in [0.29, 0.717) is 67.2 Å². The highest BCUT2D eigenvalue weighted by molar-refractivity contribution is 6.36. The number of Topliss-reactive ketones (excluding diaryl/α,β-unsaturated/α-hetero) is 1. The first-order chi connectivity index (χ1) is 23.1. The fourth-order valence-corrected chi connectivity index (χ4v) is 7.81. The first-order valence-electron chi connectivity index (χ1n) is 16.9. The van der Waals surface area contributed by atoms with Gasteiger partial charge in [0.15, 0.2) is 5.78 Å². The zero-order valence-electron chi connectivity index (χ0n) is 27.8. The van der Waals surface area contributed by atoms with Crippen molar-refractivity contribution >= 4 is 57.5 Å². The van der Waals surface area contributed by atoms with Gasteiger partial charge < -0.3 is 24.1 Å². The van der Waals surface area contributed by atoms with E-state index in [-0.39, 0.29) is 47.2 Å². The Morgan fingerprint density at radius 2 is 1.67 bits per heavy atom. The molecule has 1 unspecified atom stereocenters. The highest BCUT2D eigenvalue weighted by Gasteiger charge is 2.56. The standard InChI is InChI=1S/C36H44Cl2N4O6/c1-4-47-35(45)23-11-13-25(14-12-23)48-36(41-15-7-8-16-41,42-20-26(21-42)46-3)33(43)18-24-17-30(38)31(19-29(24)37)39-34(44)28-22-40(2)32-10-6-5-9-27(28)32/h5-6,9-10,17,19,22-23,25-26H,4,7-8,11-16,18,20-21H2,1-3H3,(H,39,44). The number of anilines is 1. The molecular weight excluding hydrogens is 655 g/mol. The number of carbonyl (C=O) groups excluding carboxylic acids is 3. The molecule has 3 aromatic rings. The Balaban J connectivity index is 1.24. The van der Waals surface area contributed by atoms with Gasteiger partial charge in [-0.15, -0.1) is 0 Å². The van der Waals surface area contributed by atoms with Gasteiger partial charge in [-0.05, 0) is 69.2 Å². The molecule has 10 nitrogen and oxygen atoms in total. The fraction of sp³-hybridized carbons (Fsp3) is 0.528. The van der Waals surface area contributed by atoms with Gasteiger partial charge in [0.2, 0.25) is 5.85 Å². The monoisotopic (exact) mass is 698 g/mol. The summed E-state index contributed by atoms with van der Waals surface area (Å²) in [6, 6.07) is 10.9. The molecule has 2 aromatic carbocycles. The minimum atomic E-state index is -1.30. The van der Waals surface area contributed by atoms with Crippen LogP contribution in [0.3, 0.4) is 0 Å². The molecule has 0 spiro atoms. The van der Waals surface area contributed by atoms with Gasteiger partial charge in [-0.3, -0.25) is 24.2 Å². The zero-order valence-corrected chi connectivity index (χ0v) is 29.3. The smallest absolute Gasteiger partial charge is 0.308 e. The number of para-hydroxylation sites is 1. The lowest BCUT2D eigenvalue weighted by Crippen LogP contribution is -2.74. The van der Waals surface area contributed by atoms with Crippen LogP contribution in [0, 0.1) is 5.92 Å². The number of ether oxygens (including phenoxy) is 3. The van der Waals surface area contributed by atoms with Crippen LogP contribution in [0.1, 0.15) is 61.4 Å². The summed E-state index contributed by atoms with van der Waals surface area (Å²) in [5.74, 6) is -2.05. The lowest BCUT2D eigenvalue weighted by atomic mass is 9.87. The number of hydrogen-bond donors (Lipinski definition) is 1. The number of carbonyl (C=O) groups is 3. The molecule has 2 saturated heterocycles. The molecule has 1 aliphatic carbocycles. The Kier molecular flexibility index (Phi) is 10.8.